The van der Waals surface area contributed by atoms with E-state index < -0.39 is 0 Å². The molecular formula is C8H14N2. The maximum Gasteiger partial charge on any atom is 0.0797 e. The Kier molecular flexibility index (Phi) is 2.49. The van der Waals surface area contributed by atoms with Crippen molar-refractivity contribution in [3.8, 4) is 0 Å². The van der Waals surface area contributed by atoms with Crippen molar-refractivity contribution in [1.82, 2.24) is 0 Å². The molecule has 0 aliphatic heterocycles. The van der Waals surface area contributed by atoms with Gasteiger partial charge < -0.3 is 5.73 Å². The molecule has 1 fully saturated rings. The molecule has 0 aromatic rings. The Labute approximate surface area is 61.8 Å². The lowest BCUT2D eigenvalue weighted by Gasteiger charge is -2.04. The van der Waals surface area contributed by atoms with Crippen LogP contribution in [-0.4, -0.2) is 12.9 Å². The molecule has 1 atom stereocenters. The van der Waals surface area contributed by atoms with Gasteiger partial charge in [0.25, 0.3) is 0 Å². The first-order valence-electron chi connectivity index (χ1n) is 3.72. The van der Waals surface area contributed by atoms with E-state index >= 15 is 0 Å². The number of nitrogens with zero attached hydrogens (tertiary/aromatic N) is 1. The molecule has 2 N–H and O–H groups in total. The first kappa shape index (κ1) is 7.32. The topological polar surface area (TPSA) is 38.4 Å². The van der Waals surface area contributed by atoms with E-state index in [9.17, 15) is 0 Å². The Balaban J connectivity index is 2.33. The minimum atomic E-state index is 0.611. The molecule has 0 spiro atoms. The summed E-state index contributed by atoms with van der Waals surface area (Å²) in [6.45, 7) is 4.82. The van der Waals surface area contributed by atoms with Crippen molar-refractivity contribution >= 4 is 6.34 Å². The van der Waals surface area contributed by atoms with Crippen LogP contribution in [0.15, 0.2) is 17.1 Å². The molecule has 10 heavy (non-hydrogen) atoms. The summed E-state index contributed by atoms with van der Waals surface area (Å²) < 4.78 is 0. The fraction of sp³-hybridized carbons (Fsp3) is 0.625. The van der Waals surface area contributed by atoms with E-state index in [1.54, 1.807) is 0 Å². The highest BCUT2D eigenvalue weighted by molar-refractivity contribution is 5.51. The summed E-state index contributed by atoms with van der Waals surface area (Å²) in [4.78, 5) is 4.00. The van der Waals surface area contributed by atoms with Crippen molar-refractivity contribution in [3.63, 3.8) is 0 Å². The van der Waals surface area contributed by atoms with Crippen LogP contribution in [0.3, 0.4) is 0 Å². The van der Waals surface area contributed by atoms with Gasteiger partial charge in [-0.15, -0.1) is 0 Å². The smallest absolute Gasteiger partial charge is 0.0797 e. The van der Waals surface area contributed by atoms with E-state index in [4.69, 9.17) is 5.73 Å². The van der Waals surface area contributed by atoms with Gasteiger partial charge in [0, 0.05) is 6.54 Å². The van der Waals surface area contributed by atoms with Gasteiger partial charge >= 0.3 is 0 Å². The molecule has 2 heteroatoms. The molecule has 1 saturated carbocycles. The molecule has 2 nitrogen and oxygen atoms in total. The Bertz CT molecular complexity index is 149. The van der Waals surface area contributed by atoms with Gasteiger partial charge in [-0.3, -0.25) is 4.99 Å². The highest BCUT2D eigenvalue weighted by atomic mass is 14.8. The largest absolute Gasteiger partial charge is 0.390 e. The number of aliphatic imine (C=N–C) groups is 1. The van der Waals surface area contributed by atoms with Gasteiger partial charge in [-0.2, -0.15) is 0 Å². The van der Waals surface area contributed by atoms with E-state index in [1.807, 2.05) is 0 Å². The van der Waals surface area contributed by atoms with Gasteiger partial charge in [-0.1, -0.05) is 12.2 Å². The number of hydrogen-bond acceptors (Lipinski definition) is 1. The summed E-state index contributed by atoms with van der Waals surface area (Å²) in [6.07, 6.45) is 5.09. The molecule has 0 saturated heterocycles. The molecule has 1 unspecified atom stereocenters. The molecule has 0 bridgehead atoms. The second kappa shape index (κ2) is 3.40. The van der Waals surface area contributed by atoms with Crippen LogP contribution in [0, 0.1) is 5.92 Å². The van der Waals surface area contributed by atoms with Crippen LogP contribution >= 0.6 is 0 Å². The van der Waals surface area contributed by atoms with Gasteiger partial charge in [-0.25, -0.2) is 0 Å². The molecule has 0 aromatic carbocycles. The SMILES string of the molecule is C=C1CCCC1CN=CN. The van der Waals surface area contributed by atoms with Crippen LogP contribution in [0.5, 0.6) is 0 Å². The van der Waals surface area contributed by atoms with Gasteiger partial charge in [0.05, 0.1) is 6.34 Å². The first-order valence-corrected chi connectivity index (χ1v) is 3.72. The highest BCUT2D eigenvalue weighted by Crippen LogP contribution is 2.29. The van der Waals surface area contributed by atoms with E-state index in [2.05, 4.69) is 11.6 Å². The van der Waals surface area contributed by atoms with Crippen molar-refractivity contribution < 1.29 is 0 Å². The molecule has 0 radical (unpaired) electrons. The minimum Gasteiger partial charge on any atom is -0.390 e. The monoisotopic (exact) mass is 138 g/mol. The van der Waals surface area contributed by atoms with Crippen LogP contribution in [0.25, 0.3) is 0 Å². The quantitative estimate of drug-likeness (QED) is 0.349. The summed E-state index contributed by atoms with van der Waals surface area (Å²) >= 11 is 0. The van der Waals surface area contributed by atoms with Gasteiger partial charge in [0.1, 0.15) is 0 Å². The van der Waals surface area contributed by atoms with E-state index in [1.165, 1.54) is 31.2 Å². The van der Waals surface area contributed by atoms with Crippen molar-refractivity contribution in [2.24, 2.45) is 16.6 Å². The van der Waals surface area contributed by atoms with Gasteiger partial charge in [0.2, 0.25) is 0 Å². The standard InChI is InChI=1S/C8H14N2/c1-7-3-2-4-8(7)5-10-6-9/h6,8H,1-5H2,(H2,9,10). The zero-order valence-electron chi connectivity index (χ0n) is 6.21. The second-order valence-corrected chi connectivity index (χ2v) is 2.76. The van der Waals surface area contributed by atoms with E-state index in [0.29, 0.717) is 5.92 Å². The van der Waals surface area contributed by atoms with Crippen molar-refractivity contribution in [2.75, 3.05) is 6.54 Å². The Hall–Kier alpha value is -0.790. The molecule has 1 aliphatic rings. The minimum absolute atomic E-state index is 0.611. The Morgan fingerprint density at radius 2 is 2.60 bits per heavy atom. The van der Waals surface area contributed by atoms with Crippen molar-refractivity contribution in [1.29, 1.82) is 0 Å². The predicted octanol–water partition coefficient (Wildman–Crippen LogP) is 1.33. The Morgan fingerprint density at radius 3 is 3.10 bits per heavy atom. The molecule has 1 aliphatic carbocycles. The fourth-order valence-corrected chi connectivity index (χ4v) is 1.39. The predicted molar refractivity (Wildman–Crippen MR) is 44.0 cm³/mol. The van der Waals surface area contributed by atoms with Crippen molar-refractivity contribution in [2.45, 2.75) is 19.3 Å². The summed E-state index contributed by atoms with van der Waals surface area (Å²) in [6, 6.07) is 0. The molecule has 1 rings (SSSR count). The third-order valence-corrected chi connectivity index (χ3v) is 2.06. The lowest BCUT2D eigenvalue weighted by atomic mass is 10.1. The maximum atomic E-state index is 5.13. The summed E-state index contributed by atoms with van der Waals surface area (Å²) in [5.74, 6) is 0.611. The third kappa shape index (κ3) is 1.59. The Morgan fingerprint density at radius 1 is 1.80 bits per heavy atom. The lowest BCUT2D eigenvalue weighted by Crippen LogP contribution is -2.02. The van der Waals surface area contributed by atoms with Crippen LogP contribution in [0.1, 0.15) is 19.3 Å². The molecule has 0 amide bonds. The number of rotatable bonds is 2. The zero-order valence-corrected chi connectivity index (χ0v) is 6.21. The summed E-state index contributed by atoms with van der Waals surface area (Å²) in [5, 5.41) is 0. The maximum absolute atomic E-state index is 5.13. The van der Waals surface area contributed by atoms with Crippen LogP contribution in [0.2, 0.25) is 0 Å². The van der Waals surface area contributed by atoms with E-state index in [-0.39, 0.29) is 0 Å². The number of nitrogens with two attached hydrogens (primary N) is 1. The molecule has 0 heterocycles. The van der Waals surface area contributed by atoms with Crippen LogP contribution < -0.4 is 5.73 Å². The molecule has 0 aromatic heterocycles. The summed E-state index contributed by atoms with van der Waals surface area (Å²) in [7, 11) is 0. The molecular weight excluding hydrogens is 124 g/mol. The zero-order chi connectivity index (χ0) is 7.40. The third-order valence-electron chi connectivity index (χ3n) is 2.06. The van der Waals surface area contributed by atoms with Gasteiger partial charge in [0.15, 0.2) is 0 Å². The highest BCUT2D eigenvalue weighted by Gasteiger charge is 2.17. The van der Waals surface area contributed by atoms with Gasteiger partial charge in [-0.05, 0) is 25.2 Å². The normalized spacial score (nSPS) is 26.4. The van der Waals surface area contributed by atoms with Crippen LogP contribution in [0.4, 0.5) is 0 Å². The summed E-state index contributed by atoms with van der Waals surface area (Å²) in [5.41, 5.74) is 6.48. The van der Waals surface area contributed by atoms with Crippen molar-refractivity contribution in [3.05, 3.63) is 12.2 Å². The molecule has 56 valence electrons. The average molecular weight is 138 g/mol. The second-order valence-electron chi connectivity index (χ2n) is 2.76. The number of hydrogen-bond donors (Lipinski definition) is 1. The first-order chi connectivity index (χ1) is 4.84. The average Bonchev–Trinajstić information content (AvgIpc) is 2.31. The fourth-order valence-electron chi connectivity index (χ4n) is 1.39. The van der Waals surface area contributed by atoms with Crippen LogP contribution in [-0.2, 0) is 0 Å². The van der Waals surface area contributed by atoms with E-state index in [0.717, 1.165) is 6.54 Å². The lowest BCUT2D eigenvalue weighted by molar-refractivity contribution is 0.643.